The Bertz CT molecular complexity index is 912. The van der Waals surface area contributed by atoms with Crippen molar-refractivity contribution in [3.8, 4) is 5.75 Å². The van der Waals surface area contributed by atoms with E-state index in [1.165, 1.54) is 18.2 Å². The summed E-state index contributed by atoms with van der Waals surface area (Å²) in [6.07, 6.45) is 2.72. The third-order valence-electron chi connectivity index (χ3n) is 4.42. The lowest BCUT2D eigenvalue weighted by Gasteiger charge is -2.28. The summed E-state index contributed by atoms with van der Waals surface area (Å²) in [4.78, 5) is 12.6. The van der Waals surface area contributed by atoms with Gasteiger partial charge in [0.1, 0.15) is 11.8 Å². The minimum Gasteiger partial charge on any atom is -0.497 e. The van der Waals surface area contributed by atoms with Crippen molar-refractivity contribution in [2.75, 3.05) is 24.2 Å². The highest BCUT2D eigenvalue weighted by Crippen LogP contribution is 2.25. The van der Waals surface area contributed by atoms with Gasteiger partial charge < -0.3 is 10.1 Å². The molecule has 0 unspecified atom stereocenters. The molecule has 1 amide bonds. The Hall–Kier alpha value is -2.54. The maximum atomic E-state index is 12.6. The first kappa shape index (κ1) is 21.8. The molecular weight excluding hydrogens is 376 g/mol. The second-order valence-corrected chi connectivity index (χ2v) is 8.68. The summed E-state index contributed by atoms with van der Waals surface area (Å²) in [7, 11) is -2.14. The number of hydrogen-bond donors (Lipinski definition) is 1. The molecule has 6 nitrogen and oxygen atoms in total. The van der Waals surface area contributed by atoms with E-state index >= 15 is 0 Å². The van der Waals surface area contributed by atoms with Gasteiger partial charge in [0, 0.05) is 12.6 Å². The van der Waals surface area contributed by atoms with E-state index in [-0.39, 0.29) is 5.91 Å². The van der Waals surface area contributed by atoms with Crippen molar-refractivity contribution in [2.45, 2.75) is 32.7 Å². The number of aryl methyl sites for hydroxylation is 2. The molecule has 152 valence electrons. The minimum absolute atomic E-state index is 0.336. The average Bonchev–Trinajstić information content (AvgIpc) is 2.64. The van der Waals surface area contributed by atoms with E-state index in [1.807, 2.05) is 19.1 Å². The molecule has 0 aromatic heterocycles. The van der Waals surface area contributed by atoms with Gasteiger partial charge in [0.2, 0.25) is 15.9 Å². The lowest BCUT2D eigenvalue weighted by molar-refractivity contribution is -0.121. The molecule has 0 heterocycles. The molecule has 1 N–H and O–H groups in total. The summed E-state index contributed by atoms with van der Waals surface area (Å²) in [5, 5.41) is 2.84. The molecule has 1 atom stereocenters. The summed E-state index contributed by atoms with van der Waals surface area (Å²) in [5.41, 5.74) is 2.82. The number of carbonyl (C=O) groups excluding carboxylic acids is 1. The van der Waals surface area contributed by atoms with E-state index in [9.17, 15) is 13.2 Å². The second kappa shape index (κ2) is 9.59. The molecule has 0 saturated carbocycles. The van der Waals surface area contributed by atoms with E-state index in [0.717, 1.165) is 23.4 Å². The first-order valence-electron chi connectivity index (χ1n) is 9.19. The molecule has 0 saturated heterocycles. The predicted molar refractivity (Wildman–Crippen MR) is 112 cm³/mol. The molecule has 0 fully saturated rings. The molecular formula is C21H28N2O4S. The van der Waals surface area contributed by atoms with Crippen LogP contribution in [0.25, 0.3) is 0 Å². The number of nitrogens with zero attached hydrogens (tertiary/aromatic N) is 1. The summed E-state index contributed by atoms with van der Waals surface area (Å²) < 4.78 is 30.9. The van der Waals surface area contributed by atoms with Gasteiger partial charge in [-0.25, -0.2) is 8.42 Å². The van der Waals surface area contributed by atoms with Gasteiger partial charge in [-0.15, -0.1) is 0 Å². The fourth-order valence-electron chi connectivity index (χ4n) is 3.08. The van der Waals surface area contributed by atoms with Gasteiger partial charge in [0.25, 0.3) is 0 Å². The molecule has 7 heteroatoms. The number of benzene rings is 2. The van der Waals surface area contributed by atoms with Crippen molar-refractivity contribution in [1.29, 1.82) is 0 Å². The first-order chi connectivity index (χ1) is 13.2. The normalized spacial score (nSPS) is 12.3. The van der Waals surface area contributed by atoms with Crippen molar-refractivity contribution in [3.05, 3.63) is 59.7 Å². The summed E-state index contributed by atoms with van der Waals surface area (Å²) >= 11 is 0. The lowest BCUT2D eigenvalue weighted by atomic mass is 10.1. The van der Waals surface area contributed by atoms with Crippen LogP contribution in [0.15, 0.2) is 48.5 Å². The van der Waals surface area contributed by atoms with Gasteiger partial charge in [-0.1, -0.05) is 35.9 Å². The van der Waals surface area contributed by atoms with E-state index in [2.05, 4.69) is 17.4 Å². The van der Waals surface area contributed by atoms with Crippen LogP contribution in [0.1, 0.15) is 24.5 Å². The largest absolute Gasteiger partial charge is 0.497 e. The maximum absolute atomic E-state index is 12.6. The van der Waals surface area contributed by atoms with Gasteiger partial charge in [0.15, 0.2) is 0 Å². The van der Waals surface area contributed by atoms with Crippen LogP contribution in [-0.4, -0.2) is 40.3 Å². The lowest BCUT2D eigenvalue weighted by Crippen LogP contribution is -2.48. The standard InChI is InChI=1S/C21H28N2O4S/c1-16-8-5-9-18(14-16)10-7-13-22-21(24)17(2)23(28(4,25)26)19-11-6-12-20(15-19)27-3/h5-6,8-9,11-12,14-15,17H,7,10,13H2,1-4H3,(H,22,24)/t17-/m1/s1. The molecule has 2 rings (SSSR count). The number of methoxy groups -OCH3 is 1. The second-order valence-electron chi connectivity index (χ2n) is 6.82. The van der Waals surface area contributed by atoms with Crippen LogP contribution in [0.5, 0.6) is 5.75 Å². The number of nitrogens with one attached hydrogen (secondary N) is 1. The number of ether oxygens (including phenoxy) is 1. The molecule has 2 aromatic carbocycles. The summed E-state index contributed by atoms with van der Waals surface area (Å²) in [6.45, 7) is 4.11. The Morgan fingerprint density at radius 2 is 1.89 bits per heavy atom. The zero-order valence-corrected chi connectivity index (χ0v) is 17.6. The van der Waals surface area contributed by atoms with Crippen LogP contribution in [0.4, 0.5) is 5.69 Å². The van der Waals surface area contributed by atoms with Crippen LogP contribution in [0.2, 0.25) is 0 Å². The van der Waals surface area contributed by atoms with Crippen molar-refractivity contribution >= 4 is 21.6 Å². The van der Waals surface area contributed by atoms with Crippen molar-refractivity contribution in [2.24, 2.45) is 0 Å². The number of anilines is 1. The van der Waals surface area contributed by atoms with E-state index in [0.29, 0.717) is 18.0 Å². The topological polar surface area (TPSA) is 75.7 Å². The SMILES string of the molecule is COc1cccc(N([C@H](C)C(=O)NCCCc2cccc(C)c2)S(C)(=O)=O)c1. The highest BCUT2D eigenvalue weighted by molar-refractivity contribution is 7.92. The first-order valence-corrected chi connectivity index (χ1v) is 11.0. The molecule has 0 aliphatic heterocycles. The van der Waals surface area contributed by atoms with Crippen molar-refractivity contribution < 1.29 is 17.9 Å². The smallest absolute Gasteiger partial charge is 0.243 e. The highest BCUT2D eigenvalue weighted by atomic mass is 32.2. The molecule has 0 bridgehead atoms. The Kier molecular flexibility index (Phi) is 7.45. The zero-order valence-electron chi connectivity index (χ0n) is 16.8. The quantitative estimate of drug-likeness (QED) is 0.652. The molecule has 0 aliphatic carbocycles. The maximum Gasteiger partial charge on any atom is 0.243 e. The molecule has 2 aromatic rings. The number of amides is 1. The molecule has 28 heavy (non-hydrogen) atoms. The number of hydrogen-bond acceptors (Lipinski definition) is 4. The van der Waals surface area contributed by atoms with Crippen LogP contribution in [0, 0.1) is 6.92 Å². The Labute approximate surface area is 167 Å². The molecule has 0 radical (unpaired) electrons. The van der Waals surface area contributed by atoms with E-state index < -0.39 is 16.1 Å². The Morgan fingerprint density at radius 1 is 1.18 bits per heavy atom. The summed E-state index contributed by atoms with van der Waals surface area (Å²) in [6, 6.07) is 14.0. The van der Waals surface area contributed by atoms with Gasteiger partial charge in [-0.2, -0.15) is 0 Å². The van der Waals surface area contributed by atoms with Crippen LogP contribution in [0.3, 0.4) is 0 Å². The van der Waals surface area contributed by atoms with Crippen molar-refractivity contribution in [3.63, 3.8) is 0 Å². The van der Waals surface area contributed by atoms with Gasteiger partial charge >= 0.3 is 0 Å². The highest BCUT2D eigenvalue weighted by Gasteiger charge is 2.29. The Morgan fingerprint density at radius 3 is 2.54 bits per heavy atom. The Balaban J connectivity index is 2.01. The molecule has 0 spiro atoms. The van der Waals surface area contributed by atoms with Gasteiger partial charge in [-0.05, 0) is 44.4 Å². The predicted octanol–water partition coefficient (Wildman–Crippen LogP) is 2.91. The van der Waals surface area contributed by atoms with E-state index in [4.69, 9.17) is 4.74 Å². The third-order valence-corrected chi connectivity index (χ3v) is 5.66. The third kappa shape index (κ3) is 5.99. The number of carbonyl (C=O) groups is 1. The molecule has 0 aliphatic rings. The van der Waals surface area contributed by atoms with Gasteiger partial charge in [-0.3, -0.25) is 9.10 Å². The van der Waals surface area contributed by atoms with Crippen LogP contribution in [-0.2, 0) is 21.2 Å². The average molecular weight is 405 g/mol. The van der Waals surface area contributed by atoms with Crippen LogP contribution < -0.4 is 14.4 Å². The number of rotatable bonds is 9. The monoisotopic (exact) mass is 404 g/mol. The minimum atomic E-state index is -3.65. The van der Waals surface area contributed by atoms with Crippen LogP contribution >= 0.6 is 0 Å². The fourth-order valence-corrected chi connectivity index (χ4v) is 4.24. The zero-order chi connectivity index (χ0) is 20.7. The number of sulfonamides is 1. The fraction of sp³-hybridized carbons (Fsp3) is 0.381. The van der Waals surface area contributed by atoms with Crippen molar-refractivity contribution in [1.82, 2.24) is 5.32 Å². The van der Waals surface area contributed by atoms with E-state index in [1.54, 1.807) is 31.2 Å². The summed E-state index contributed by atoms with van der Waals surface area (Å²) in [5.74, 6) is 0.189. The van der Waals surface area contributed by atoms with Gasteiger partial charge in [0.05, 0.1) is 19.1 Å².